The molecule has 14 aromatic carbocycles. The lowest BCUT2D eigenvalue weighted by Gasteiger charge is -2.46. The monoisotopic (exact) mass is 1490 g/mol. The van der Waals surface area contributed by atoms with Crippen LogP contribution in [0.4, 0.5) is 34.1 Å². The van der Waals surface area contributed by atoms with Crippen molar-refractivity contribution < 1.29 is 0 Å². The molecule has 3 aromatic heterocycles. The second-order valence-corrected chi connectivity index (χ2v) is 36.9. The fraction of sp³-hybridized carbons (Fsp3) is 0.187. The molecule has 0 fully saturated rings. The maximum atomic E-state index is 5.68. The maximum absolute atomic E-state index is 5.68. The Morgan fingerprint density at radius 2 is 0.591 bits per heavy atom. The Morgan fingerprint density at radius 3 is 1.00 bits per heavy atom. The van der Waals surface area contributed by atoms with Crippen LogP contribution in [0.2, 0.25) is 0 Å². The van der Waals surface area contributed by atoms with Crippen molar-refractivity contribution in [2.75, 3.05) is 9.80 Å². The van der Waals surface area contributed by atoms with Gasteiger partial charge in [-0.1, -0.05) is 310 Å². The van der Waals surface area contributed by atoms with Crippen molar-refractivity contribution in [3.63, 3.8) is 0 Å². The van der Waals surface area contributed by atoms with Crippen molar-refractivity contribution >= 4 is 101 Å². The van der Waals surface area contributed by atoms with Crippen molar-refractivity contribution in [2.24, 2.45) is 0 Å². The number of aromatic nitrogens is 5. The fourth-order valence-electron chi connectivity index (χ4n) is 17.8. The van der Waals surface area contributed by atoms with Gasteiger partial charge in [-0.25, -0.2) is 15.0 Å². The zero-order chi connectivity index (χ0) is 79.4. The van der Waals surface area contributed by atoms with E-state index in [0.717, 1.165) is 107 Å². The minimum atomic E-state index is -0.380. The van der Waals surface area contributed by atoms with Crippen molar-refractivity contribution in [3.05, 3.63) is 337 Å². The average Bonchev–Trinajstić information content (AvgIpc) is 1.03. The van der Waals surface area contributed by atoms with E-state index in [1.807, 2.05) is 0 Å². The molecule has 17 aromatic rings. The number of hydrogen-bond acceptors (Lipinski definition) is 5. The summed E-state index contributed by atoms with van der Waals surface area (Å²) >= 11 is 0. The summed E-state index contributed by atoms with van der Waals surface area (Å²) in [5.74, 6) is 1.75. The molecule has 0 unspecified atom stereocenters. The number of rotatable bonds is 10. The molecule has 0 atom stereocenters. The van der Waals surface area contributed by atoms with E-state index in [1.54, 1.807) is 0 Å². The van der Waals surface area contributed by atoms with Gasteiger partial charge in [0.15, 0.2) is 17.5 Å². The molecular formula is C107H96BN7. The van der Waals surface area contributed by atoms with Crippen LogP contribution in [0, 0.1) is 0 Å². The molecule has 2 aliphatic rings. The Morgan fingerprint density at radius 1 is 0.235 bits per heavy atom. The first-order chi connectivity index (χ1) is 55.2. The number of hydrogen-bond donors (Lipinski definition) is 0. The molecule has 0 N–H and O–H groups in total. The molecular weight excluding hydrogens is 1390 g/mol. The fourth-order valence-corrected chi connectivity index (χ4v) is 17.8. The summed E-state index contributed by atoms with van der Waals surface area (Å²) < 4.78 is 5.08. The number of benzene rings is 14. The summed E-state index contributed by atoms with van der Waals surface area (Å²) in [6.45, 7) is 34.8. The summed E-state index contributed by atoms with van der Waals surface area (Å²) in [7, 11) is 0. The number of nitrogens with zero attached hydrogens (tertiary/aromatic N) is 7. The van der Waals surface area contributed by atoms with Gasteiger partial charge >= 0.3 is 0 Å². The van der Waals surface area contributed by atoms with Crippen LogP contribution in [0.15, 0.2) is 309 Å². The highest BCUT2D eigenvalue weighted by Crippen LogP contribution is 2.54. The van der Waals surface area contributed by atoms with Crippen LogP contribution in [0.25, 0.3) is 123 Å². The van der Waals surface area contributed by atoms with E-state index in [2.05, 4.69) is 432 Å². The summed E-state index contributed by atoms with van der Waals surface area (Å²) in [5.41, 5.74) is 31.7. The van der Waals surface area contributed by atoms with Crippen LogP contribution in [-0.2, 0) is 27.1 Å². The van der Waals surface area contributed by atoms with E-state index < -0.39 is 0 Å². The Kier molecular flexibility index (Phi) is 17.1. The molecule has 0 radical (unpaired) electrons. The number of fused-ring (bicyclic) bond motifs is 10. The highest BCUT2D eigenvalue weighted by atomic mass is 15.2. The third kappa shape index (κ3) is 12.5. The average molecular weight is 1490 g/mol. The maximum Gasteiger partial charge on any atom is 0.252 e. The molecule has 8 heteroatoms. The van der Waals surface area contributed by atoms with Crippen molar-refractivity contribution in [3.8, 4) is 78.9 Å². The van der Waals surface area contributed by atoms with Gasteiger partial charge in [-0.15, -0.1) is 0 Å². The topological polar surface area (TPSA) is 55.0 Å². The van der Waals surface area contributed by atoms with Gasteiger partial charge in [-0.2, -0.15) is 0 Å². The van der Waals surface area contributed by atoms with Crippen LogP contribution in [0.5, 0.6) is 0 Å². The lowest BCUT2D eigenvalue weighted by atomic mass is 9.33. The van der Waals surface area contributed by atoms with Gasteiger partial charge < -0.3 is 18.9 Å². The molecule has 19 rings (SSSR count). The van der Waals surface area contributed by atoms with E-state index in [1.165, 1.54) is 76.8 Å². The minimum Gasteiger partial charge on any atom is -0.311 e. The normalized spacial score (nSPS) is 13.1. The zero-order valence-corrected chi connectivity index (χ0v) is 68.7. The van der Waals surface area contributed by atoms with E-state index >= 15 is 0 Å². The summed E-state index contributed by atoms with van der Waals surface area (Å²) in [6, 6.07) is 116. The predicted octanol–water partition coefficient (Wildman–Crippen LogP) is 26.6. The third-order valence-electron chi connectivity index (χ3n) is 24.1. The second-order valence-electron chi connectivity index (χ2n) is 36.9. The van der Waals surface area contributed by atoms with Crippen LogP contribution >= 0.6 is 0 Å². The second kappa shape index (κ2) is 27.0. The van der Waals surface area contributed by atoms with Crippen LogP contribution in [0.3, 0.4) is 0 Å². The van der Waals surface area contributed by atoms with Gasteiger partial charge in [0, 0.05) is 83.5 Å². The summed E-state index contributed by atoms with van der Waals surface area (Å²) in [4.78, 5) is 22.0. The van der Waals surface area contributed by atoms with Gasteiger partial charge in [0.1, 0.15) is 0 Å². The largest absolute Gasteiger partial charge is 0.311 e. The zero-order valence-electron chi connectivity index (χ0n) is 68.7. The highest BCUT2D eigenvalue weighted by molar-refractivity contribution is 7.00. The molecule has 0 bridgehead atoms. The third-order valence-corrected chi connectivity index (χ3v) is 24.1. The quantitative estimate of drug-likeness (QED) is 0.128. The van der Waals surface area contributed by atoms with Crippen molar-refractivity contribution in [1.29, 1.82) is 0 Å². The Hall–Kier alpha value is -12.6. The van der Waals surface area contributed by atoms with Crippen molar-refractivity contribution in [1.82, 2.24) is 24.1 Å². The first kappa shape index (κ1) is 72.6. The summed E-state index contributed by atoms with van der Waals surface area (Å²) in [5, 5.41) is 4.97. The molecule has 0 spiro atoms. The molecule has 0 amide bonds. The molecule has 0 saturated heterocycles. The Bertz CT molecular complexity index is 6520. The van der Waals surface area contributed by atoms with Gasteiger partial charge in [-0.05, 0) is 197 Å². The minimum absolute atomic E-state index is 0.0700. The predicted molar refractivity (Wildman–Crippen MR) is 489 cm³/mol. The molecule has 115 heavy (non-hydrogen) atoms. The van der Waals surface area contributed by atoms with Gasteiger partial charge in [-0.3, -0.25) is 0 Å². The van der Waals surface area contributed by atoms with Gasteiger partial charge in [0.2, 0.25) is 0 Å². The van der Waals surface area contributed by atoms with Crippen molar-refractivity contribution in [2.45, 2.75) is 131 Å². The lowest BCUT2D eigenvalue weighted by molar-refractivity contribution is 0.590. The lowest BCUT2D eigenvalue weighted by Crippen LogP contribution is -2.61. The SMILES string of the molecule is CC(C)(C)c1cc2c3c(c1)N(c1c(-c4ccccc4)cccc1-c1nc(-c4ccccc4)nc(-c4ccccc4)n1)c1cc(-n4c5ccc(C(C)(C)C)cc5c5cc(C(C)(C)C)ccc54)ccc1B3c1ccc(-n3c4ccc(C(C)(C)C)cc4c4cc(C(C)(C)C)ccc43)cc1N2c1ccc(-c2ccccc2)cc1-c1ccccc1. The molecule has 5 heterocycles. The van der Waals surface area contributed by atoms with Crippen LogP contribution in [0.1, 0.15) is 132 Å². The van der Waals surface area contributed by atoms with Gasteiger partial charge in [0.25, 0.3) is 6.71 Å². The van der Waals surface area contributed by atoms with E-state index in [0.29, 0.717) is 17.5 Å². The Labute approximate surface area is 677 Å². The van der Waals surface area contributed by atoms with E-state index in [9.17, 15) is 0 Å². The van der Waals surface area contributed by atoms with E-state index in [-0.39, 0.29) is 33.8 Å². The van der Waals surface area contributed by atoms with Crippen LogP contribution in [-0.4, -0.2) is 30.8 Å². The molecule has 0 aliphatic carbocycles. The first-order valence-electron chi connectivity index (χ1n) is 40.8. The summed E-state index contributed by atoms with van der Waals surface area (Å²) in [6.07, 6.45) is 0. The van der Waals surface area contributed by atoms with E-state index in [4.69, 9.17) is 15.0 Å². The van der Waals surface area contributed by atoms with Gasteiger partial charge in [0.05, 0.1) is 33.4 Å². The molecule has 2 aliphatic heterocycles. The number of para-hydroxylation sites is 1. The Balaban J connectivity index is 0.969. The molecule has 0 saturated carbocycles. The number of anilines is 6. The molecule has 562 valence electrons. The standard InChI is InChI=1S/C107H96BN7/c1-103(2,3)73-45-54-90-83(59-73)84-60-74(104(4,5)6)46-55-91(84)112(90)78-49-51-87-94(65-78)114(89-53-44-72(67-32-21-16-22-33-67)58-82(89)69-36-25-18-26-37-69)96-63-77(107(13,14)15)64-97-98(96)108(87)88-52-50-79(113-92-56-47-75(105(7,8)9)61-85(92)86-62-76(106(10,11)12)48-57-93(86)113)66-95(88)115(97)99-80(68-34-23-17-24-35-68)42-31-43-81(99)102-110-100(70-38-27-19-28-39-70)109-101(111-102)71-40-29-20-30-41-71/h16-66H,1-15H3. The first-order valence-corrected chi connectivity index (χ1v) is 40.8. The molecule has 7 nitrogen and oxygen atoms in total. The highest BCUT2D eigenvalue weighted by Gasteiger charge is 2.46. The smallest absolute Gasteiger partial charge is 0.252 e. The van der Waals surface area contributed by atoms with Crippen LogP contribution < -0.4 is 26.2 Å².